The molecule has 0 bridgehead atoms. The van der Waals surface area contributed by atoms with E-state index in [-0.39, 0.29) is 11.4 Å². The summed E-state index contributed by atoms with van der Waals surface area (Å²) in [6.45, 7) is 17.4. The first-order chi connectivity index (χ1) is 25.1. The van der Waals surface area contributed by atoms with Gasteiger partial charge in [-0.2, -0.15) is 0 Å². The first-order valence-corrected chi connectivity index (χ1v) is 21.0. The number of carbonyl (C=O) groups excluding carboxylic acids is 1. The number of anilines is 2. The average Bonchev–Trinajstić information content (AvgIpc) is 3.14. The molecule has 286 valence electrons. The highest BCUT2D eigenvalue weighted by molar-refractivity contribution is 7.92. The van der Waals surface area contributed by atoms with Crippen LogP contribution >= 0.6 is 0 Å². The van der Waals surface area contributed by atoms with Gasteiger partial charge in [0.15, 0.2) is 0 Å². The summed E-state index contributed by atoms with van der Waals surface area (Å²) in [7, 11) is -3.37. The number of amidine groups is 1. The molecule has 3 saturated heterocycles. The maximum Gasteiger partial charge on any atom is 0.232 e. The van der Waals surface area contributed by atoms with Gasteiger partial charge in [0.05, 0.1) is 24.9 Å². The number of nitrogens with zero attached hydrogens (tertiary/aromatic N) is 4. The summed E-state index contributed by atoms with van der Waals surface area (Å²) in [5.41, 5.74) is 6.18. The summed E-state index contributed by atoms with van der Waals surface area (Å²) in [5, 5.41) is 9.14. The molecule has 11 heteroatoms. The van der Waals surface area contributed by atoms with Gasteiger partial charge in [-0.3, -0.25) is 19.8 Å². The number of hydrogen-bond acceptors (Lipinski definition) is 7. The molecule has 0 aliphatic carbocycles. The number of nitrogens with one attached hydrogen (secondary N) is 2. The largest absolute Gasteiger partial charge is 0.378 e. The van der Waals surface area contributed by atoms with Gasteiger partial charge < -0.3 is 19.4 Å². The highest BCUT2D eigenvalue weighted by Crippen LogP contribution is 2.36. The van der Waals surface area contributed by atoms with Crippen LogP contribution in [-0.4, -0.2) is 105 Å². The van der Waals surface area contributed by atoms with E-state index >= 15 is 0 Å². The normalized spacial score (nSPS) is 18.8. The lowest BCUT2D eigenvalue weighted by Crippen LogP contribution is -2.58. The molecule has 3 aliphatic heterocycles. The molecule has 3 aromatic rings. The molecule has 0 radical (unpaired) electrons. The zero-order valence-electron chi connectivity index (χ0n) is 32.5. The van der Waals surface area contributed by atoms with E-state index in [9.17, 15) is 13.2 Å². The number of benzene rings is 3. The van der Waals surface area contributed by atoms with E-state index in [1.165, 1.54) is 11.3 Å². The van der Waals surface area contributed by atoms with E-state index in [2.05, 4.69) is 80.9 Å². The predicted octanol–water partition coefficient (Wildman–Crippen LogP) is 6.16. The fraction of sp³-hybridized carbons (Fsp3) is 0.524. The number of piperidine rings is 2. The Bertz CT molecular complexity index is 1840. The van der Waals surface area contributed by atoms with Crippen LogP contribution in [0.3, 0.4) is 0 Å². The Morgan fingerprint density at radius 2 is 1.49 bits per heavy atom. The van der Waals surface area contributed by atoms with Gasteiger partial charge in [0, 0.05) is 74.3 Å². The van der Waals surface area contributed by atoms with Gasteiger partial charge in [0.1, 0.15) is 5.84 Å². The Hall–Kier alpha value is -3.93. The highest BCUT2D eigenvalue weighted by atomic mass is 32.2. The predicted molar refractivity (Wildman–Crippen MR) is 215 cm³/mol. The van der Waals surface area contributed by atoms with Gasteiger partial charge in [-0.25, -0.2) is 8.42 Å². The van der Waals surface area contributed by atoms with Crippen LogP contribution in [0.15, 0.2) is 66.7 Å². The fourth-order valence-electron chi connectivity index (χ4n) is 8.58. The number of morpholine rings is 1. The van der Waals surface area contributed by atoms with Crippen LogP contribution in [0, 0.1) is 19.3 Å². The molecule has 2 N–H and O–H groups in total. The molecule has 3 aliphatic rings. The molecule has 0 atom stereocenters. The van der Waals surface area contributed by atoms with E-state index in [4.69, 9.17) is 10.1 Å². The third-order valence-electron chi connectivity index (χ3n) is 11.8. The van der Waals surface area contributed by atoms with Crippen LogP contribution in [0.4, 0.5) is 11.4 Å². The minimum absolute atomic E-state index is 0.0691. The van der Waals surface area contributed by atoms with E-state index in [0.717, 1.165) is 86.9 Å². The molecule has 1 amide bonds. The Kier molecular flexibility index (Phi) is 11.6. The first-order valence-electron chi connectivity index (χ1n) is 19.1. The van der Waals surface area contributed by atoms with Crippen LogP contribution in [-0.2, 0) is 31.5 Å². The Morgan fingerprint density at radius 3 is 2.06 bits per heavy atom. The van der Waals surface area contributed by atoms with Crippen molar-refractivity contribution in [3.05, 3.63) is 94.5 Å². The lowest BCUT2D eigenvalue weighted by Gasteiger charge is -2.51. The highest BCUT2D eigenvalue weighted by Gasteiger charge is 2.40. The average molecular weight is 743 g/mol. The van der Waals surface area contributed by atoms with Crippen molar-refractivity contribution in [2.24, 2.45) is 0 Å². The summed E-state index contributed by atoms with van der Waals surface area (Å²) in [6, 6.07) is 23.5. The molecule has 0 aromatic heterocycles. The second-order valence-corrected chi connectivity index (χ2v) is 17.8. The number of ether oxygens (including phenoxy) is 1. The quantitative estimate of drug-likeness (QED) is 0.189. The number of likely N-dealkylation sites (tertiary alicyclic amines) is 2. The van der Waals surface area contributed by atoms with Crippen molar-refractivity contribution >= 4 is 33.1 Å². The molecule has 3 fully saturated rings. The zero-order valence-corrected chi connectivity index (χ0v) is 33.3. The molecule has 0 unspecified atom stereocenters. The van der Waals surface area contributed by atoms with E-state index in [1.807, 2.05) is 44.7 Å². The molecule has 3 heterocycles. The van der Waals surface area contributed by atoms with Crippen LogP contribution in [0.1, 0.15) is 74.3 Å². The van der Waals surface area contributed by atoms with Gasteiger partial charge in [-0.1, -0.05) is 42.5 Å². The minimum atomic E-state index is -3.37. The number of carbonyl (C=O) groups is 1. The number of sulfonamides is 1. The van der Waals surface area contributed by atoms with E-state index < -0.39 is 15.4 Å². The third-order valence-corrected chi connectivity index (χ3v) is 12.5. The Morgan fingerprint density at radius 1 is 0.906 bits per heavy atom. The minimum Gasteiger partial charge on any atom is -0.378 e. The van der Waals surface area contributed by atoms with Gasteiger partial charge in [-0.05, 0) is 107 Å². The summed E-state index contributed by atoms with van der Waals surface area (Å²) in [5.74, 6) is 0.671. The maximum atomic E-state index is 13.5. The summed E-state index contributed by atoms with van der Waals surface area (Å²) in [6.07, 6.45) is 5.26. The van der Waals surface area contributed by atoms with Gasteiger partial charge >= 0.3 is 0 Å². The molecule has 0 spiro atoms. The van der Waals surface area contributed by atoms with Crippen molar-refractivity contribution in [1.29, 1.82) is 5.41 Å². The van der Waals surface area contributed by atoms with Crippen molar-refractivity contribution in [3.63, 3.8) is 0 Å². The summed E-state index contributed by atoms with van der Waals surface area (Å²) in [4.78, 5) is 22.9. The van der Waals surface area contributed by atoms with Gasteiger partial charge in [-0.15, -0.1) is 0 Å². The lowest BCUT2D eigenvalue weighted by atomic mass is 9.82. The molecule has 6 rings (SSSR count). The van der Waals surface area contributed by atoms with Crippen LogP contribution < -0.4 is 9.62 Å². The van der Waals surface area contributed by atoms with Crippen LogP contribution in [0.25, 0.3) is 0 Å². The van der Waals surface area contributed by atoms with Gasteiger partial charge in [0.25, 0.3) is 0 Å². The maximum absolute atomic E-state index is 13.5. The Labute approximate surface area is 317 Å². The van der Waals surface area contributed by atoms with Crippen molar-refractivity contribution in [2.45, 2.75) is 83.8 Å². The fourth-order valence-corrected chi connectivity index (χ4v) is 9.13. The third kappa shape index (κ3) is 8.90. The molecule has 10 nitrogen and oxygen atoms in total. The number of hydrogen-bond donors (Lipinski definition) is 2. The second kappa shape index (κ2) is 15.8. The first kappa shape index (κ1) is 38.8. The van der Waals surface area contributed by atoms with E-state index in [1.54, 1.807) is 0 Å². The monoisotopic (exact) mass is 742 g/mol. The lowest BCUT2D eigenvalue weighted by molar-refractivity contribution is -0.140. The van der Waals surface area contributed by atoms with Crippen LogP contribution in [0.5, 0.6) is 0 Å². The van der Waals surface area contributed by atoms with Crippen molar-refractivity contribution in [3.8, 4) is 0 Å². The number of rotatable bonds is 10. The summed E-state index contributed by atoms with van der Waals surface area (Å²) < 4.78 is 31.6. The standard InChI is InChI=1S/C42H58N6O4S/c1-31-28-35(44-53(6,50)51)29-32(2)38(31)39(43)45-22-18-42(5,19-23-45)47-20-16-37(17-21-47)48(30-33-10-8-7-9-11-33)36-14-12-34(13-15-36)41(3,4)40(49)46-24-26-52-27-25-46/h7-15,28-29,37,43-44H,16-27,30H2,1-6H3. The topological polar surface area (TPSA) is 109 Å². The molecule has 0 saturated carbocycles. The van der Waals surface area contributed by atoms with Crippen molar-refractivity contribution < 1.29 is 17.9 Å². The number of aryl methyl sites for hydroxylation is 2. The van der Waals surface area contributed by atoms with Crippen molar-refractivity contribution in [1.82, 2.24) is 14.7 Å². The second-order valence-electron chi connectivity index (χ2n) is 16.1. The Balaban J connectivity index is 1.10. The van der Waals surface area contributed by atoms with Crippen molar-refractivity contribution in [2.75, 3.05) is 68.4 Å². The zero-order chi connectivity index (χ0) is 38.0. The smallest absolute Gasteiger partial charge is 0.232 e. The summed E-state index contributed by atoms with van der Waals surface area (Å²) >= 11 is 0. The molecule has 53 heavy (non-hydrogen) atoms. The molecule has 3 aromatic carbocycles. The van der Waals surface area contributed by atoms with E-state index in [0.29, 0.717) is 43.9 Å². The molecular formula is C42H58N6O4S. The number of amides is 1. The molecular weight excluding hydrogens is 685 g/mol. The van der Waals surface area contributed by atoms with Crippen LogP contribution in [0.2, 0.25) is 0 Å². The van der Waals surface area contributed by atoms with Gasteiger partial charge in [0.2, 0.25) is 15.9 Å². The SMILES string of the molecule is Cc1cc(NS(C)(=O)=O)cc(C)c1C(=N)N1CCC(C)(N2CCC(N(Cc3ccccc3)c3ccc(C(C)(C)C(=O)N4CCOCC4)cc3)CC2)CC1.